The third-order valence-corrected chi connectivity index (χ3v) is 4.94. The zero-order valence-corrected chi connectivity index (χ0v) is 12.0. The van der Waals surface area contributed by atoms with Gasteiger partial charge in [0.2, 0.25) is 0 Å². The first kappa shape index (κ1) is 12.5. The number of rotatable bonds is 2. The van der Waals surface area contributed by atoms with Crippen molar-refractivity contribution in [2.24, 2.45) is 0 Å². The highest BCUT2D eigenvalue weighted by molar-refractivity contribution is 8.01. The molecule has 5 heteroatoms. The third kappa shape index (κ3) is 2.59. The van der Waals surface area contributed by atoms with E-state index in [1.165, 1.54) is 11.8 Å². The summed E-state index contributed by atoms with van der Waals surface area (Å²) in [4.78, 5) is 5.43. The minimum atomic E-state index is 0.574. The fourth-order valence-electron chi connectivity index (χ4n) is 1.67. The molecule has 2 nitrogen and oxygen atoms in total. The van der Waals surface area contributed by atoms with Gasteiger partial charge in [-0.25, -0.2) is 4.98 Å². The van der Waals surface area contributed by atoms with Gasteiger partial charge < -0.3 is 0 Å². The van der Waals surface area contributed by atoms with Crippen molar-refractivity contribution in [1.82, 2.24) is 4.98 Å². The number of benzene rings is 2. The molecule has 0 amide bonds. The van der Waals surface area contributed by atoms with E-state index in [0.29, 0.717) is 10.6 Å². The van der Waals surface area contributed by atoms with Crippen molar-refractivity contribution < 1.29 is 0 Å². The standard InChI is InChI=1S/C14H7ClN2S2/c15-10-5-6-12(9(7-10)8-16)18-14-17-11-3-1-2-4-13(11)19-14/h1-7H. The summed E-state index contributed by atoms with van der Waals surface area (Å²) in [5.41, 5.74) is 1.57. The number of halogens is 1. The van der Waals surface area contributed by atoms with Gasteiger partial charge in [0.15, 0.2) is 4.34 Å². The van der Waals surface area contributed by atoms with Gasteiger partial charge in [0, 0.05) is 9.92 Å². The molecule has 0 aliphatic carbocycles. The number of nitrogens with zero attached hydrogens (tertiary/aromatic N) is 2. The molecule has 0 atom stereocenters. The monoisotopic (exact) mass is 302 g/mol. The molecule has 3 rings (SSSR count). The molecular formula is C14H7ClN2S2. The van der Waals surface area contributed by atoms with Crippen LogP contribution >= 0.6 is 34.7 Å². The van der Waals surface area contributed by atoms with Crippen molar-refractivity contribution in [3.05, 3.63) is 53.1 Å². The van der Waals surface area contributed by atoms with E-state index in [1.54, 1.807) is 23.5 Å². The van der Waals surface area contributed by atoms with Crippen molar-refractivity contribution in [3.8, 4) is 6.07 Å². The summed E-state index contributed by atoms with van der Waals surface area (Å²) in [5.74, 6) is 0. The molecule has 0 radical (unpaired) electrons. The summed E-state index contributed by atoms with van der Waals surface area (Å²) < 4.78 is 2.08. The first-order chi connectivity index (χ1) is 9.26. The molecule has 0 saturated carbocycles. The smallest absolute Gasteiger partial charge is 0.155 e. The topological polar surface area (TPSA) is 36.7 Å². The number of thiazole rings is 1. The largest absolute Gasteiger partial charge is 0.229 e. The van der Waals surface area contributed by atoms with E-state index < -0.39 is 0 Å². The fourth-order valence-corrected chi connectivity index (χ4v) is 3.92. The molecule has 0 N–H and O–H groups in total. The summed E-state index contributed by atoms with van der Waals surface area (Å²) >= 11 is 9.01. The molecule has 0 aliphatic rings. The molecule has 0 spiro atoms. The average Bonchev–Trinajstić information content (AvgIpc) is 2.83. The first-order valence-electron chi connectivity index (χ1n) is 5.49. The number of aromatic nitrogens is 1. The van der Waals surface area contributed by atoms with E-state index in [0.717, 1.165) is 19.5 Å². The molecule has 0 bridgehead atoms. The predicted molar refractivity (Wildman–Crippen MR) is 79.9 cm³/mol. The Balaban J connectivity index is 1.99. The lowest BCUT2D eigenvalue weighted by molar-refractivity contribution is 1.28. The van der Waals surface area contributed by atoms with E-state index in [2.05, 4.69) is 11.1 Å². The molecule has 3 aromatic rings. The van der Waals surface area contributed by atoms with Crippen LogP contribution in [-0.2, 0) is 0 Å². The maximum atomic E-state index is 9.12. The van der Waals surface area contributed by atoms with Gasteiger partial charge in [-0.05, 0) is 30.3 Å². The number of hydrogen-bond donors (Lipinski definition) is 0. The van der Waals surface area contributed by atoms with E-state index in [1.807, 2.05) is 30.3 Å². The van der Waals surface area contributed by atoms with Gasteiger partial charge in [0.25, 0.3) is 0 Å². The molecule has 0 aliphatic heterocycles. The summed E-state index contributed by atoms with van der Waals surface area (Å²) in [6.45, 7) is 0. The summed E-state index contributed by atoms with van der Waals surface area (Å²) in [6, 6.07) is 15.5. The predicted octanol–water partition coefficient (Wildman–Crippen LogP) is 4.97. The summed E-state index contributed by atoms with van der Waals surface area (Å²) in [5, 5.41) is 9.70. The van der Waals surface area contributed by atoms with Crippen LogP contribution in [0.4, 0.5) is 0 Å². The molecule has 2 aromatic carbocycles. The minimum absolute atomic E-state index is 0.574. The van der Waals surface area contributed by atoms with Gasteiger partial charge in [0.1, 0.15) is 6.07 Å². The van der Waals surface area contributed by atoms with Crippen LogP contribution in [0.2, 0.25) is 5.02 Å². The Kier molecular flexibility index (Phi) is 3.43. The van der Waals surface area contributed by atoms with Crippen molar-refractivity contribution in [3.63, 3.8) is 0 Å². The van der Waals surface area contributed by atoms with Gasteiger partial charge >= 0.3 is 0 Å². The van der Waals surface area contributed by atoms with Gasteiger partial charge in [-0.3, -0.25) is 0 Å². The molecule has 1 aromatic heterocycles. The zero-order valence-electron chi connectivity index (χ0n) is 9.63. The second kappa shape index (κ2) is 5.22. The molecule has 0 fully saturated rings. The molecule has 19 heavy (non-hydrogen) atoms. The van der Waals surface area contributed by atoms with Crippen LogP contribution in [0.25, 0.3) is 10.2 Å². The van der Waals surface area contributed by atoms with E-state index in [4.69, 9.17) is 16.9 Å². The summed E-state index contributed by atoms with van der Waals surface area (Å²) in [6.07, 6.45) is 0. The Bertz CT molecular complexity index is 756. The highest BCUT2D eigenvalue weighted by Crippen LogP contribution is 2.36. The number of hydrogen-bond acceptors (Lipinski definition) is 4. The second-order valence-electron chi connectivity index (χ2n) is 3.80. The van der Waals surface area contributed by atoms with Crippen LogP contribution in [-0.4, -0.2) is 4.98 Å². The van der Waals surface area contributed by atoms with Crippen molar-refractivity contribution >= 4 is 44.9 Å². The fraction of sp³-hybridized carbons (Fsp3) is 0. The molecular weight excluding hydrogens is 296 g/mol. The van der Waals surface area contributed by atoms with Crippen LogP contribution in [0.3, 0.4) is 0 Å². The number of para-hydroxylation sites is 1. The van der Waals surface area contributed by atoms with Gasteiger partial charge in [-0.2, -0.15) is 5.26 Å². The lowest BCUT2D eigenvalue weighted by atomic mass is 10.2. The van der Waals surface area contributed by atoms with Crippen molar-refractivity contribution in [2.75, 3.05) is 0 Å². The van der Waals surface area contributed by atoms with Gasteiger partial charge in [-0.15, -0.1) is 11.3 Å². The maximum absolute atomic E-state index is 9.12. The van der Waals surface area contributed by atoms with Gasteiger partial charge in [-0.1, -0.05) is 35.5 Å². The number of fused-ring (bicyclic) bond motifs is 1. The van der Waals surface area contributed by atoms with E-state index in [9.17, 15) is 0 Å². The highest BCUT2D eigenvalue weighted by atomic mass is 35.5. The quantitative estimate of drug-likeness (QED) is 0.670. The maximum Gasteiger partial charge on any atom is 0.155 e. The molecule has 0 saturated heterocycles. The van der Waals surface area contributed by atoms with Crippen LogP contribution in [0.15, 0.2) is 51.7 Å². The Labute approximate surface area is 123 Å². The highest BCUT2D eigenvalue weighted by Gasteiger charge is 2.09. The molecule has 0 unspecified atom stereocenters. The SMILES string of the molecule is N#Cc1cc(Cl)ccc1Sc1nc2ccccc2s1. The minimum Gasteiger partial charge on any atom is -0.229 e. The van der Waals surface area contributed by atoms with Crippen LogP contribution in [0, 0.1) is 11.3 Å². The lowest BCUT2D eigenvalue weighted by Gasteiger charge is -2.00. The van der Waals surface area contributed by atoms with Crippen LogP contribution in [0.1, 0.15) is 5.56 Å². The first-order valence-corrected chi connectivity index (χ1v) is 7.50. The Hall–Kier alpha value is -1.54. The third-order valence-electron chi connectivity index (χ3n) is 2.53. The van der Waals surface area contributed by atoms with E-state index in [-0.39, 0.29) is 0 Å². The van der Waals surface area contributed by atoms with Crippen molar-refractivity contribution in [1.29, 1.82) is 5.26 Å². The number of nitriles is 1. The van der Waals surface area contributed by atoms with Crippen LogP contribution < -0.4 is 0 Å². The molecule has 92 valence electrons. The van der Waals surface area contributed by atoms with E-state index >= 15 is 0 Å². The zero-order chi connectivity index (χ0) is 13.2. The molecule has 1 heterocycles. The normalized spacial score (nSPS) is 10.5. The lowest BCUT2D eigenvalue weighted by Crippen LogP contribution is -1.80. The summed E-state index contributed by atoms with van der Waals surface area (Å²) in [7, 11) is 0. The van der Waals surface area contributed by atoms with Gasteiger partial charge in [0.05, 0.1) is 15.8 Å². The van der Waals surface area contributed by atoms with Crippen LogP contribution in [0.5, 0.6) is 0 Å². The Morgan fingerprint density at radius 1 is 1.21 bits per heavy atom. The average molecular weight is 303 g/mol. The van der Waals surface area contributed by atoms with Crippen molar-refractivity contribution in [2.45, 2.75) is 9.24 Å². The second-order valence-corrected chi connectivity index (χ2v) is 6.56. The Morgan fingerprint density at radius 3 is 2.84 bits per heavy atom. The Morgan fingerprint density at radius 2 is 2.05 bits per heavy atom.